The van der Waals surface area contributed by atoms with Crippen molar-refractivity contribution in [3.05, 3.63) is 42.0 Å². The molecular formula is C22H27NO7. The quantitative estimate of drug-likeness (QED) is 0.594. The number of anilines is 1. The van der Waals surface area contributed by atoms with E-state index in [1.165, 1.54) is 28.3 Å². The van der Waals surface area contributed by atoms with Crippen LogP contribution in [0.2, 0.25) is 0 Å². The van der Waals surface area contributed by atoms with Gasteiger partial charge < -0.3 is 29.0 Å². The molecule has 0 heterocycles. The van der Waals surface area contributed by atoms with Crippen molar-refractivity contribution < 1.29 is 33.3 Å². The molecule has 0 aliphatic heterocycles. The summed E-state index contributed by atoms with van der Waals surface area (Å²) >= 11 is 0. The third-order valence-electron chi connectivity index (χ3n) is 4.38. The Kier molecular flexibility index (Phi) is 8.34. The topological polar surface area (TPSA) is 92.3 Å². The third kappa shape index (κ3) is 6.04. The first-order valence-corrected chi connectivity index (χ1v) is 9.35. The van der Waals surface area contributed by atoms with Crippen molar-refractivity contribution in [3.63, 3.8) is 0 Å². The monoisotopic (exact) mass is 417 g/mol. The number of aryl methyl sites for hydroxylation is 1. The van der Waals surface area contributed by atoms with E-state index in [4.69, 9.17) is 23.7 Å². The maximum atomic E-state index is 12.2. The minimum atomic E-state index is -0.931. The van der Waals surface area contributed by atoms with Crippen LogP contribution in [0.3, 0.4) is 0 Å². The maximum absolute atomic E-state index is 12.2. The zero-order valence-corrected chi connectivity index (χ0v) is 17.8. The van der Waals surface area contributed by atoms with Gasteiger partial charge in [-0.05, 0) is 55.3 Å². The van der Waals surface area contributed by atoms with E-state index < -0.39 is 18.0 Å². The molecule has 0 bridgehead atoms. The fraction of sp³-hybridized carbons (Fsp3) is 0.364. The van der Waals surface area contributed by atoms with E-state index in [9.17, 15) is 9.59 Å². The molecule has 1 atom stereocenters. The highest BCUT2D eigenvalue weighted by Crippen LogP contribution is 2.38. The Bertz CT molecular complexity index is 839. The first kappa shape index (κ1) is 22.9. The fourth-order valence-corrected chi connectivity index (χ4v) is 2.75. The number of carbonyl (C=O) groups excluding carboxylic acids is 2. The van der Waals surface area contributed by atoms with Crippen molar-refractivity contribution in [2.24, 2.45) is 0 Å². The van der Waals surface area contributed by atoms with Crippen molar-refractivity contribution in [1.29, 1.82) is 0 Å². The first-order chi connectivity index (χ1) is 14.4. The fourth-order valence-electron chi connectivity index (χ4n) is 2.75. The molecule has 2 aromatic carbocycles. The molecule has 2 rings (SSSR count). The highest BCUT2D eigenvalue weighted by molar-refractivity contribution is 5.95. The third-order valence-corrected chi connectivity index (χ3v) is 4.38. The molecule has 8 heteroatoms. The van der Waals surface area contributed by atoms with Crippen LogP contribution in [0.5, 0.6) is 23.0 Å². The molecule has 1 N–H and O–H groups in total. The van der Waals surface area contributed by atoms with Crippen LogP contribution in [0.15, 0.2) is 36.4 Å². The molecule has 0 saturated heterocycles. The summed E-state index contributed by atoms with van der Waals surface area (Å²) in [4.78, 5) is 24.4. The molecule has 2 aromatic rings. The number of hydrogen-bond acceptors (Lipinski definition) is 7. The number of benzene rings is 2. The van der Waals surface area contributed by atoms with Crippen LogP contribution in [-0.2, 0) is 20.7 Å². The first-order valence-electron chi connectivity index (χ1n) is 9.35. The van der Waals surface area contributed by atoms with Crippen LogP contribution < -0.4 is 24.3 Å². The van der Waals surface area contributed by atoms with E-state index in [2.05, 4.69) is 5.32 Å². The van der Waals surface area contributed by atoms with Crippen molar-refractivity contribution in [3.8, 4) is 23.0 Å². The summed E-state index contributed by atoms with van der Waals surface area (Å²) < 4.78 is 26.2. The van der Waals surface area contributed by atoms with E-state index in [1.807, 2.05) is 0 Å². The zero-order chi connectivity index (χ0) is 22.1. The van der Waals surface area contributed by atoms with Crippen molar-refractivity contribution in [2.75, 3.05) is 33.8 Å². The largest absolute Gasteiger partial charge is 0.497 e. The smallest absolute Gasteiger partial charge is 0.306 e. The van der Waals surface area contributed by atoms with Gasteiger partial charge in [-0.2, -0.15) is 0 Å². The Morgan fingerprint density at radius 2 is 1.50 bits per heavy atom. The van der Waals surface area contributed by atoms with Crippen molar-refractivity contribution in [2.45, 2.75) is 25.9 Å². The SMILES string of the molecule is COc1ccc(NC(=O)C(C)OC(=O)CCc2cc(OC)c(OC)c(OC)c2)cc1. The Labute approximate surface area is 176 Å². The van der Waals surface area contributed by atoms with E-state index in [0.29, 0.717) is 35.1 Å². The minimum Gasteiger partial charge on any atom is -0.497 e. The number of esters is 1. The standard InChI is InChI=1S/C22H27NO7/c1-14(22(25)23-16-7-9-17(26-2)10-8-16)30-20(24)11-6-15-12-18(27-3)21(29-5)19(13-15)28-4/h7-10,12-14H,6,11H2,1-5H3,(H,23,25). The van der Waals surface area contributed by atoms with Gasteiger partial charge in [0.05, 0.1) is 28.4 Å². The Balaban J connectivity index is 1.91. The second kappa shape index (κ2) is 10.9. The van der Waals surface area contributed by atoms with Gasteiger partial charge >= 0.3 is 5.97 Å². The number of carbonyl (C=O) groups is 2. The molecule has 0 saturated carbocycles. The number of amides is 1. The lowest BCUT2D eigenvalue weighted by molar-refractivity contribution is -0.153. The van der Waals surface area contributed by atoms with E-state index >= 15 is 0 Å². The predicted octanol–water partition coefficient (Wildman–Crippen LogP) is 3.22. The molecule has 0 aliphatic carbocycles. The van der Waals surface area contributed by atoms with Gasteiger partial charge in [0.25, 0.3) is 5.91 Å². The molecule has 0 aliphatic rings. The molecule has 1 amide bonds. The van der Waals surface area contributed by atoms with Crippen LogP contribution in [0, 0.1) is 0 Å². The van der Waals surface area contributed by atoms with Crippen LogP contribution in [0.1, 0.15) is 18.9 Å². The molecule has 8 nitrogen and oxygen atoms in total. The number of rotatable bonds is 10. The number of hydrogen-bond donors (Lipinski definition) is 1. The van der Waals surface area contributed by atoms with Crippen molar-refractivity contribution >= 4 is 17.6 Å². The zero-order valence-electron chi connectivity index (χ0n) is 17.8. The molecule has 0 radical (unpaired) electrons. The molecule has 30 heavy (non-hydrogen) atoms. The second-order valence-corrected chi connectivity index (χ2v) is 6.38. The summed E-state index contributed by atoms with van der Waals surface area (Å²) in [5.41, 5.74) is 1.40. The van der Waals surface area contributed by atoms with Gasteiger partial charge in [0.2, 0.25) is 5.75 Å². The lowest BCUT2D eigenvalue weighted by Crippen LogP contribution is -2.30. The molecule has 0 fully saturated rings. The average molecular weight is 417 g/mol. The van der Waals surface area contributed by atoms with Gasteiger partial charge in [-0.1, -0.05) is 0 Å². The summed E-state index contributed by atoms with van der Waals surface area (Å²) in [5, 5.41) is 2.70. The van der Waals surface area contributed by atoms with Crippen LogP contribution >= 0.6 is 0 Å². The number of nitrogens with one attached hydrogen (secondary N) is 1. The van der Waals surface area contributed by atoms with Crippen LogP contribution in [-0.4, -0.2) is 46.4 Å². The molecule has 0 spiro atoms. The van der Waals surface area contributed by atoms with Gasteiger partial charge in [-0.15, -0.1) is 0 Å². The maximum Gasteiger partial charge on any atom is 0.306 e. The van der Waals surface area contributed by atoms with Gasteiger partial charge in [-0.3, -0.25) is 9.59 Å². The highest BCUT2D eigenvalue weighted by atomic mass is 16.5. The highest BCUT2D eigenvalue weighted by Gasteiger charge is 2.19. The average Bonchev–Trinajstić information content (AvgIpc) is 2.77. The van der Waals surface area contributed by atoms with Gasteiger partial charge in [0, 0.05) is 12.1 Å². The summed E-state index contributed by atoms with van der Waals surface area (Å²) in [6.45, 7) is 1.52. The lowest BCUT2D eigenvalue weighted by atomic mass is 10.1. The van der Waals surface area contributed by atoms with E-state index in [-0.39, 0.29) is 6.42 Å². The van der Waals surface area contributed by atoms with Gasteiger partial charge in [0.15, 0.2) is 17.6 Å². The normalized spacial score (nSPS) is 11.2. The lowest BCUT2D eigenvalue weighted by Gasteiger charge is -2.15. The van der Waals surface area contributed by atoms with Gasteiger partial charge in [-0.25, -0.2) is 0 Å². The summed E-state index contributed by atoms with van der Waals surface area (Å²) in [6, 6.07) is 10.4. The van der Waals surface area contributed by atoms with E-state index in [0.717, 1.165) is 5.56 Å². The molecule has 0 aromatic heterocycles. The minimum absolute atomic E-state index is 0.0960. The van der Waals surface area contributed by atoms with E-state index in [1.54, 1.807) is 43.5 Å². The second-order valence-electron chi connectivity index (χ2n) is 6.38. The summed E-state index contributed by atoms with van der Waals surface area (Å²) in [6.07, 6.45) is -0.444. The summed E-state index contributed by atoms with van der Waals surface area (Å²) in [5.74, 6) is 1.27. The Hall–Kier alpha value is -3.42. The Morgan fingerprint density at radius 3 is 2.00 bits per heavy atom. The predicted molar refractivity (Wildman–Crippen MR) is 112 cm³/mol. The molecular weight excluding hydrogens is 390 g/mol. The molecule has 1 unspecified atom stereocenters. The molecule has 162 valence electrons. The summed E-state index contributed by atoms with van der Waals surface area (Å²) in [7, 11) is 6.14. The van der Waals surface area contributed by atoms with Gasteiger partial charge in [0.1, 0.15) is 5.75 Å². The number of ether oxygens (including phenoxy) is 5. The van der Waals surface area contributed by atoms with Crippen molar-refractivity contribution in [1.82, 2.24) is 0 Å². The van der Waals surface area contributed by atoms with Crippen LogP contribution in [0.25, 0.3) is 0 Å². The van der Waals surface area contributed by atoms with Crippen LogP contribution in [0.4, 0.5) is 5.69 Å². The number of methoxy groups -OCH3 is 4. The Morgan fingerprint density at radius 1 is 0.900 bits per heavy atom.